The normalized spacial score (nSPS) is 20.5. The van der Waals surface area contributed by atoms with Crippen molar-refractivity contribution in [1.82, 2.24) is 4.90 Å². The van der Waals surface area contributed by atoms with Crippen LogP contribution in [0, 0.1) is 0 Å². The van der Waals surface area contributed by atoms with Crippen molar-refractivity contribution in [3.05, 3.63) is 35.4 Å². The van der Waals surface area contributed by atoms with Crippen molar-refractivity contribution < 1.29 is 23.1 Å². The number of alkyl halides is 3. The van der Waals surface area contributed by atoms with Gasteiger partial charge >= 0.3 is 12.1 Å². The smallest absolute Gasteiger partial charge is 0.401 e. The van der Waals surface area contributed by atoms with E-state index < -0.39 is 24.6 Å². The number of halogens is 3. The van der Waals surface area contributed by atoms with Crippen LogP contribution in [0.4, 0.5) is 13.2 Å². The summed E-state index contributed by atoms with van der Waals surface area (Å²) in [6.45, 7) is -1.05. The summed E-state index contributed by atoms with van der Waals surface area (Å²) in [4.78, 5) is 12.2. The summed E-state index contributed by atoms with van der Waals surface area (Å²) < 4.78 is 37.1. The molecule has 2 rings (SSSR count). The van der Waals surface area contributed by atoms with Crippen LogP contribution in [0.25, 0.3) is 0 Å². The third-order valence-corrected chi connectivity index (χ3v) is 2.97. The first-order valence-corrected chi connectivity index (χ1v) is 5.46. The highest BCUT2D eigenvalue weighted by Gasteiger charge is 2.36. The van der Waals surface area contributed by atoms with Crippen molar-refractivity contribution in [2.45, 2.75) is 18.6 Å². The molecule has 0 saturated heterocycles. The van der Waals surface area contributed by atoms with Gasteiger partial charge in [-0.05, 0) is 11.1 Å². The van der Waals surface area contributed by atoms with Crippen LogP contribution in [0.5, 0.6) is 0 Å². The molecule has 18 heavy (non-hydrogen) atoms. The molecule has 3 nitrogen and oxygen atoms in total. The maximum atomic E-state index is 12.4. The molecule has 98 valence electrons. The zero-order chi connectivity index (χ0) is 13.3. The zero-order valence-corrected chi connectivity index (χ0v) is 9.44. The fourth-order valence-corrected chi connectivity index (χ4v) is 2.27. The molecule has 0 bridgehead atoms. The standard InChI is InChI=1S/C12H12F3NO2/c13-12(14,15)7-16-5-8-3-1-2-4-9(8)10(6-16)11(17)18/h1-4,10H,5-7H2,(H,17,18). The highest BCUT2D eigenvalue weighted by Crippen LogP contribution is 2.30. The minimum Gasteiger partial charge on any atom is -0.481 e. The van der Waals surface area contributed by atoms with Crippen LogP contribution in [-0.2, 0) is 11.3 Å². The van der Waals surface area contributed by atoms with Gasteiger partial charge in [0.25, 0.3) is 0 Å². The largest absolute Gasteiger partial charge is 0.481 e. The number of carbonyl (C=O) groups is 1. The third kappa shape index (κ3) is 2.81. The number of nitrogens with zero attached hydrogens (tertiary/aromatic N) is 1. The second-order valence-electron chi connectivity index (χ2n) is 4.37. The van der Waals surface area contributed by atoms with E-state index in [1.54, 1.807) is 24.3 Å². The molecule has 1 aromatic carbocycles. The van der Waals surface area contributed by atoms with Crippen LogP contribution in [-0.4, -0.2) is 35.2 Å². The number of fused-ring (bicyclic) bond motifs is 1. The van der Waals surface area contributed by atoms with Crippen molar-refractivity contribution in [2.24, 2.45) is 0 Å². The Hall–Kier alpha value is -1.56. The van der Waals surface area contributed by atoms with Gasteiger partial charge in [-0.2, -0.15) is 13.2 Å². The van der Waals surface area contributed by atoms with Gasteiger partial charge in [0.2, 0.25) is 0 Å². The van der Waals surface area contributed by atoms with E-state index in [1.807, 2.05) is 0 Å². The second kappa shape index (κ2) is 4.61. The lowest BCUT2D eigenvalue weighted by Crippen LogP contribution is -2.41. The summed E-state index contributed by atoms with van der Waals surface area (Å²) >= 11 is 0. The Morgan fingerprint density at radius 3 is 2.67 bits per heavy atom. The molecular weight excluding hydrogens is 247 g/mol. The summed E-state index contributed by atoms with van der Waals surface area (Å²) in [5, 5.41) is 9.09. The van der Waals surface area contributed by atoms with Gasteiger partial charge in [-0.1, -0.05) is 24.3 Å². The molecule has 1 unspecified atom stereocenters. The van der Waals surface area contributed by atoms with Crippen LogP contribution >= 0.6 is 0 Å². The van der Waals surface area contributed by atoms with E-state index >= 15 is 0 Å². The molecule has 1 heterocycles. The minimum atomic E-state index is -4.31. The summed E-state index contributed by atoms with van der Waals surface area (Å²) in [6, 6.07) is 6.75. The topological polar surface area (TPSA) is 40.5 Å². The van der Waals surface area contributed by atoms with Crippen LogP contribution in [0.2, 0.25) is 0 Å². The lowest BCUT2D eigenvalue weighted by atomic mass is 9.90. The first kappa shape index (κ1) is 12.9. The minimum absolute atomic E-state index is 0.105. The number of hydrogen-bond donors (Lipinski definition) is 1. The lowest BCUT2D eigenvalue weighted by molar-refractivity contribution is -0.153. The molecule has 1 aliphatic rings. The third-order valence-electron chi connectivity index (χ3n) is 2.97. The van der Waals surface area contributed by atoms with Gasteiger partial charge < -0.3 is 5.11 Å². The molecule has 0 amide bonds. The molecule has 1 aromatic rings. The van der Waals surface area contributed by atoms with Crippen LogP contribution in [0.15, 0.2) is 24.3 Å². The lowest BCUT2D eigenvalue weighted by Gasteiger charge is -2.33. The van der Waals surface area contributed by atoms with Crippen molar-refractivity contribution in [2.75, 3.05) is 13.1 Å². The van der Waals surface area contributed by atoms with Crippen molar-refractivity contribution >= 4 is 5.97 Å². The Balaban J connectivity index is 2.26. The Kier molecular flexibility index (Phi) is 3.30. The fourth-order valence-electron chi connectivity index (χ4n) is 2.27. The number of hydrogen-bond acceptors (Lipinski definition) is 2. The molecule has 0 spiro atoms. The summed E-state index contributed by atoms with van der Waals surface area (Å²) in [5.41, 5.74) is 1.27. The van der Waals surface area contributed by atoms with Crippen molar-refractivity contribution in [3.63, 3.8) is 0 Å². The Morgan fingerprint density at radius 2 is 2.06 bits per heavy atom. The molecule has 0 radical (unpaired) electrons. The van der Waals surface area contributed by atoms with E-state index in [-0.39, 0.29) is 13.1 Å². The van der Waals surface area contributed by atoms with Gasteiger partial charge in [0, 0.05) is 13.1 Å². The molecule has 1 N–H and O–H groups in total. The number of carboxylic acids is 1. The molecule has 6 heteroatoms. The quantitative estimate of drug-likeness (QED) is 0.885. The maximum Gasteiger partial charge on any atom is 0.401 e. The molecule has 0 aromatic heterocycles. The van der Waals surface area contributed by atoms with Crippen LogP contribution < -0.4 is 0 Å². The van der Waals surface area contributed by atoms with Gasteiger partial charge in [0.05, 0.1) is 12.5 Å². The maximum absolute atomic E-state index is 12.4. The molecule has 1 aliphatic heterocycles. The zero-order valence-electron chi connectivity index (χ0n) is 9.44. The Morgan fingerprint density at radius 1 is 1.39 bits per heavy atom. The first-order valence-electron chi connectivity index (χ1n) is 5.46. The van der Waals surface area contributed by atoms with E-state index in [4.69, 9.17) is 5.11 Å². The monoisotopic (exact) mass is 259 g/mol. The Bertz CT molecular complexity index is 459. The van der Waals surface area contributed by atoms with Crippen molar-refractivity contribution in [1.29, 1.82) is 0 Å². The summed E-state index contributed by atoms with van der Waals surface area (Å²) in [6.07, 6.45) is -4.31. The van der Waals surface area contributed by atoms with Gasteiger partial charge in [0.1, 0.15) is 0 Å². The van der Waals surface area contributed by atoms with Crippen molar-refractivity contribution in [3.8, 4) is 0 Å². The first-order chi connectivity index (χ1) is 8.37. The van der Waals surface area contributed by atoms with Gasteiger partial charge in [-0.25, -0.2) is 0 Å². The molecule has 0 fully saturated rings. The number of benzene rings is 1. The molecule has 0 saturated carbocycles. The average molecular weight is 259 g/mol. The number of rotatable bonds is 2. The summed E-state index contributed by atoms with van der Waals surface area (Å²) in [7, 11) is 0. The highest BCUT2D eigenvalue weighted by molar-refractivity contribution is 5.77. The fraction of sp³-hybridized carbons (Fsp3) is 0.417. The molecular formula is C12H12F3NO2. The average Bonchev–Trinajstić information content (AvgIpc) is 2.25. The Labute approximate surface area is 102 Å². The van der Waals surface area contributed by atoms with Gasteiger partial charge in [0.15, 0.2) is 0 Å². The molecule has 1 atom stereocenters. The van der Waals surface area contributed by atoms with E-state index in [2.05, 4.69) is 0 Å². The van der Waals surface area contributed by atoms with E-state index in [0.29, 0.717) is 11.1 Å². The van der Waals surface area contributed by atoms with Crippen LogP contribution in [0.1, 0.15) is 17.0 Å². The van der Waals surface area contributed by atoms with Gasteiger partial charge in [-0.15, -0.1) is 0 Å². The predicted octanol–water partition coefficient (Wildman–Crippen LogP) is 2.23. The molecule has 0 aliphatic carbocycles. The second-order valence-corrected chi connectivity index (χ2v) is 4.37. The van der Waals surface area contributed by atoms with E-state index in [0.717, 1.165) is 4.90 Å². The number of carboxylic acid groups (broad SMARTS) is 1. The van der Waals surface area contributed by atoms with E-state index in [9.17, 15) is 18.0 Å². The van der Waals surface area contributed by atoms with Crippen LogP contribution in [0.3, 0.4) is 0 Å². The van der Waals surface area contributed by atoms with E-state index in [1.165, 1.54) is 0 Å². The highest BCUT2D eigenvalue weighted by atomic mass is 19.4. The predicted molar refractivity (Wildman–Crippen MR) is 58.2 cm³/mol. The SMILES string of the molecule is O=C(O)C1CN(CC(F)(F)F)Cc2ccccc21. The summed E-state index contributed by atoms with van der Waals surface area (Å²) in [5.74, 6) is -1.98. The van der Waals surface area contributed by atoms with Gasteiger partial charge in [-0.3, -0.25) is 9.69 Å². The number of aliphatic carboxylic acids is 1.